The van der Waals surface area contributed by atoms with Crippen molar-refractivity contribution < 1.29 is 35.9 Å². The average Bonchev–Trinajstić information content (AvgIpc) is 2.80. The zero-order valence-corrected chi connectivity index (χ0v) is 21.8. The summed E-state index contributed by atoms with van der Waals surface area (Å²) in [6.45, 7) is 8.29. The van der Waals surface area contributed by atoms with Crippen LogP contribution in [-0.2, 0) is 21.9 Å². The van der Waals surface area contributed by atoms with E-state index in [1.165, 1.54) is 13.2 Å². The van der Waals surface area contributed by atoms with Crippen LogP contribution in [0.15, 0.2) is 24.3 Å². The molecule has 0 N–H and O–H groups in total. The van der Waals surface area contributed by atoms with E-state index in [2.05, 4.69) is 20.8 Å². The van der Waals surface area contributed by atoms with Gasteiger partial charge in [0.05, 0.1) is 18.2 Å². The molecule has 2 nitrogen and oxygen atoms in total. The van der Waals surface area contributed by atoms with E-state index in [-0.39, 0.29) is 6.07 Å². The highest BCUT2D eigenvalue weighted by atomic mass is 31.2. The van der Waals surface area contributed by atoms with Crippen LogP contribution in [0.4, 0.5) is 26.3 Å². The largest absolute Gasteiger partial charge is 0.471 e. The second-order valence-electron chi connectivity index (χ2n) is 8.80. The molecule has 0 saturated carbocycles. The van der Waals surface area contributed by atoms with Crippen molar-refractivity contribution in [2.24, 2.45) is 0 Å². The first-order valence-electron chi connectivity index (χ1n) is 12.1. The molecule has 1 atom stereocenters. The molecule has 2 radical (unpaired) electrons. The summed E-state index contributed by atoms with van der Waals surface area (Å²) in [6, 6.07) is 1.52. The van der Waals surface area contributed by atoms with Gasteiger partial charge in [-0.3, -0.25) is 4.79 Å². The summed E-state index contributed by atoms with van der Waals surface area (Å²) >= 11 is 0. The summed E-state index contributed by atoms with van der Waals surface area (Å²) in [7, 11) is -0.490. The Balaban J connectivity index is 3.43. The lowest BCUT2D eigenvalue weighted by Gasteiger charge is -2.42. The van der Waals surface area contributed by atoms with Gasteiger partial charge in [-0.2, -0.15) is 26.3 Å². The van der Waals surface area contributed by atoms with Crippen LogP contribution in [0, 0.1) is 0 Å². The Kier molecular flexibility index (Phi) is 12.9. The summed E-state index contributed by atoms with van der Waals surface area (Å²) in [5.41, 5.74) is -3.19. The van der Waals surface area contributed by atoms with Crippen molar-refractivity contribution in [2.75, 3.05) is 25.6 Å². The SMILES string of the molecule is CCCC[P+]([B-]C(/C=C/c1ccc(C(F)(F)F)cc1C(F)(F)F)C(=O)OC)(CCCC)CCCC. The number of alkyl halides is 6. The fourth-order valence-electron chi connectivity index (χ4n) is 3.97. The lowest BCUT2D eigenvalue weighted by Crippen LogP contribution is -2.23. The van der Waals surface area contributed by atoms with Crippen LogP contribution in [-0.4, -0.2) is 38.6 Å². The molecule has 0 aliphatic rings. The topological polar surface area (TPSA) is 26.3 Å². The quantitative estimate of drug-likeness (QED) is 0.105. The minimum atomic E-state index is -4.98. The number of carbonyl (C=O) groups is 1. The molecule has 1 unspecified atom stereocenters. The second kappa shape index (κ2) is 14.3. The van der Waals surface area contributed by atoms with E-state index < -0.39 is 48.0 Å². The number of carbonyl (C=O) groups excluding carboxylic acids is 1. The Labute approximate surface area is 206 Å². The van der Waals surface area contributed by atoms with E-state index >= 15 is 0 Å². The van der Waals surface area contributed by atoms with Crippen LogP contribution in [0.1, 0.15) is 76.0 Å². The number of ether oxygens (including phenoxy) is 1. The first-order valence-corrected chi connectivity index (χ1v) is 14.5. The van der Waals surface area contributed by atoms with Gasteiger partial charge in [-0.1, -0.05) is 65.0 Å². The first kappa shape index (κ1) is 31.5. The number of rotatable bonds is 14. The Hall–Kier alpha value is -1.50. The number of methoxy groups -OCH3 is 1. The Morgan fingerprint density at radius 3 is 1.86 bits per heavy atom. The van der Waals surface area contributed by atoms with E-state index in [1.807, 2.05) is 7.00 Å². The summed E-state index contributed by atoms with van der Waals surface area (Å²) in [6.07, 6.45) is 1.38. The zero-order valence-electron chi connectivity index (χ0n) is 20.9. The van der Waals surface area contributed by atoms with Crippen molar-refractivity contribution in [3.05, 3.63) is 41.0 Å². The van der Waals surface area contributed by atoms with Crippen molar-refractivity contribution >= 4 is 26.2 Å². The third-order valence-electron chi connectivity index (χ3n) is 5.99. The molecule has 0 saturated heterocycles. The molecule has 1 aromatic rings. The second-order valence-corrected chi connectivity index (χ2v) is 12.9. The predicted molar refractivity (Wildman–Crippen MR) is 133 cm³/mol. The lowest BCUT2D eigenvalue weighted by molar-refractivity contribution is -0.143. The Morgan fingerprint density at radius 2 is 1.46 bits per heavy atom. The number of hydrogen-bond donors (Lipinski definition) is 0. The smallest absolute Gasteiger partial charge is 0.417 e. The molecule has 0 bridgehead atoms. The molecule has 0 amide bonds. The number of hydrogen-bond acceptors (Lipinski definition) is 2. The van der Waals surface area contributed by atoms with Crippen molar-refractivity contribution in [1.29, 1.82) is 0 Å². The maximum absolute atomic E-state index is 13.6. The van der Waals surface area contributed by atoms with Gasteiger partial charge in [0.25, 0.3) is 5.97 Å². The molecule has 0 fully saturated rings. The molecule has 10 heteroatoms. The number of esters is 1. The molecule has 35 heavy (non-hydrogen) atoms. The fourth-order valence-corrected chi connectivity index (χ4v) is 8.83. The number of halogens is 6. The van der Waals surface area contributed by atoms with Crippen molar-refractivity contribution in [2.45, 2.75) is 77.5 Å². The van der Waals surface area contributed by atoms with Crippen molar-refractivity contribution in [3.8, 4) is 0 Å². The minimum Gasteiger partial charge on any atom is -0.471 e. The van der Waals surface area contributed by atoms with Crippen LogP contribution in [0.25, 0.3) is 6.08 Å². The van der Waals surface area contributed by atoms with E-state index in [1.54, 1.807) is 0 Å². The Morgan fingerprint density at radius 1 is 0.943 bits per heavy atom. The lowest BCUT2D eigenvalue weighted by atomic mass is 9.84. The van der Waals surface area contributed by atoms with Crippen LogP contribution in [0.2, 0.25) is 5.82 Å². The van der Waals surface area contributed by atoms with E-state index in [4.69, 9.17) is 4.74 Å². The molecular formula is C25H36BF6O2P. The van der Waals surface area contributed by atoms with Crippen LogP contribution >= 0.6 is 7.14 Å². The van der Waals surface area contributed by atoms with Gasteiger partial charge >= 0.3 is 12.4 Å². The molecule has 1 aromatic carbocycles. The Bertz CT molecular complexity index is 801. The molecule has 0 spiro atoms. The first-order chi connectivity index (χ1) is 16.3. The van der Waals surface area contributed by atoms with Gasteiger partial charge in [-0.25, -0.2) is 7.14 Å². The van der Waals surface area contributed by atoms with Crippen LogP contribution in [0.5, 0.6) is 0 Å². The van der Waals surface area contributed by atoms with E-state index in [9.17, 15) is 31.1 Å². The summed E-state index contributed by atoms with van der Waals surface area (Å²) in [4.78, 5) is 12.6. The van der Waals surface area contributed by atoms with Crippen LogP contribution < -0.4 is 0 Å². The molecule has 0 heterocycles. The summed E-state index contributed by atoms with van der Waals surface area (Å²) < 4.78 is 84.6. The highest BCUT2D eigenvalue weighted by molar-refractivity contribution is 8.00. The fraction of sp³-hybridized carbons (Fsp3) is 0.640. The van der Waals surface area contributed by atoms with Crippen molar-refractivity contribution in [1.82, 2.24) is 0 Å². The minimum absolute atomic E-state index is 0.109. The molecular weight excluding hydrogens is 488 g/mol. The van der Waals surface area contributed by atoms with Gasteiger partial charge < -0.3 is 4.74 Å². The maximum Gasteiger partial charge on any atom is 0.417 e. The standard InChI is InChI=1S/C25H36BF6O2P/c1-5-8-15-35(16-9-6-2,17-10-7-3)26-22(23(33)34-4)14-12-19-11-13-20(24(27,28)29)18-21(19)25(30,31)32/h11-14,18,22H,5-10,15-17H2,1-4H3/b14-12+. The van der Waals surface area contributed by atoms with Crippen LogP contribution in [0.3, 0.4) is 0 Å². The number of benzene rings is 1. The van der Waals surface area contributed by atoms with Gasteiger partial charge in [-0.05, 0) is 37.0 Å². The van der Waals surface area contributed by atoms with Gasteiger partial charge in [0.15, 0.2) is 0 Å². The van der Waals surface area contributed by atoms with E-state index in [0.29, 0.717) is 6.07 Å². The van der Waals surface area contributed by atoms with Gasteiger partial charge in [0.1, 0.15) is 0 Å². The molecule has 0 aliphatic carbocycles. The van der Waals surface area contributed by atoms with E-state index in [0.717, 1.165) is 69.2 Å². The molecule has 1 rings (SSSR count). The summed E-state index contributed by atoms with van der Waals surface area (Å²) in [5, 5.41) is 0. The average molecular weight is 524 g/mol. The zero-order chi connectivity index (χ0) is 26.7. The van der Waals surface area contributed by atoms with Crippen molar-refractivity contribution in [3.63, 3.8) is 0 Å². The predicted octanol–water partition coefficient (Wildman–Crippen LogP) is 8.74. The van der Waals surface area contributed by atoms with Gasteiger partial charge in [0, 0.05) is 18.5 Å². The third kappa shape index (κ3) is 10.2. The molecule has 0 aromatic heterocycles. The molecule has 0 aliphatic heterocycles. The normalized spacial score (nSPS) is 13.9. The highest BCUT2D eigenvalue weighted by Gasteiger charge is 2.38. The summed E-state index contributed by atoms with van der Waals surface area (Å²) in [5.74, 6) is -1.46. The number of unbranched alkanes of at least 4 members (excludes halogenated alkanes) is 3. The molecule has 198 valence electrons. The third-order valence-corrected chi connectivity index (χ3v) is 10.6. The monoisotopic (exact) mass is 524 g/mol. The maximum atomic E-state index is 13.6. The van der Waals surface area contributed by atoms with Gasteiger partial charge in [0.2, 0.25) is 0 Å². The van der Waals surface area contributed by atoms with Gasteiger partial charge in [-0.15, -0.1) is 6.08 Å². The highest BCUT2D eigenvalue weighted by Crippen LogP contribution is 2.61.